The summed E-state index contributed by atoms with van der Waals surface area (Å²) in [6.07, 6.45) is 1.22. The van der Waals surface area contributed by atoms with Crippen LogP contribution in [0.3, 0.4) is 0 Å². The molecule has 0 bridgehead atoms. The van der Waals surface area contributed by atoms with Gasteiger partial charge in [0.25, 0.3) is 11.8 Å². The number of nitrogens with one attached hydrogen (secondary N) is 1. The van der Waals surface area contributed by atoms with Gasteiger partial charge in [0, 0.05) is 9.13 Å². The number of phenols is 1. The van der Waals surface area contributed by atoms with Gasteiger partial charge in [-0.3, -0.25) is 14.9 Å². The first-order valence-electron chi connectivity index (χ1n) is 7.13. The van der Waals surface area contributed by atoms with Crippen molar-refractivity contribution in [2.24, 2.45) is 0 Å². The van der Waals surface area contributed by atoms with Crippen molar-refractivity contribution in [3.63, 3.8) is 0 Å². The average Bonchev–Trinajstić information content (AvgIpc) is 2.57. The van der Waals surface area contributed by atoms with Gasteiger partial charge in [-0.15, -0.1) is 0 Å². The minimum absolute atomic E-state index is 0.0793. The lowest BCUT2D eigenvalue weighted by molar-refractivity contribution is -0.122. The van der Waals surface area contributed by atoms with Gasteiger partial charge in [0.1, 0.15) is 17.1 Å². The minimum Gasteiger partial charge on any atom is -0.506 e. The van der Waals surface area contributed by atoms with Crippen LogP contribution in [-0.2, 0) is 9.59 Å². The molecular weight excluding hydrogens is 569 g/mol. The molecule has 4 amide bonds. The van der Waals surface area contributed by atoms with E-state index in [0.29, 0.717) is 3.57 Å². The van der Waals surface area contributed by atoms with Gasteiger partial charge >= 0.3 is 6.03 Å². The highest BCUT2D eigenvalue weighted by atomic mass is 127. The zero-order chi connectivity index (χ0) is 19.0. The molecule has 26 heavy (non-hydrogen) atoms. The van der Waals surface area contributed by atoms with E-state index in [4.69, 9.17) is 0 Å². The minimum atomic E-state index is -0.926. The third kappa shape index (κ3) is 3.58. The van der Waals surface area contributed by atoms with E-state index >= 15 is 0 Å². The summed E-state index contributed by atoms with van der Waals surface area (Å²) >= 11 is 3.97. The Kier molecular flexibility index (Phi) is 5.27. The molecule has 0 saturated carbocycles. The van der Waals surface area contributed by atoms with Gasteiger partial charge in [0.15, 0.2) is 0 Å². The van der Waals surface area contributed by atoms with Crippen molar-refractivity contribution in [1.82, 2.24) is 5.32 Å². The number of benzene rings is 2. The van der Waals surface area contributed by atoms with E-state index in [1.165, 1.54) is 18.2 Å². The number of carbonyl (C=O) groups is 3. The Labute approximate surface area is 174 Å². The first-order chi connectivity index (χ1) is 12.3. The molecule has 0 atom stereocenters. The fraction of sp³-hybridized carbons (Fsp3) is 0. The summed E-state index contributed by atoms with van der Waals surface area (Å²) in [5, 5.41) is 12.2. The topological polar surface area (TPSA) is 86.7 Å². The Hall–Kier alpha value is -2.02. The van der Waals surface area contributed by atoms with Crippen molar-refractivity contribution < 1.29 is 23.9 Å². The molecule has 1 fully saturated rings. The lowest BCUT2D eigenvalue weighted by Gasteiger charge is -2.26. The van der Waals surface area contributed by atoms with Gasteiger partial charge in [0.05, 0.1) is 9.26 Å². The van der Waals surface area contributed by atoms with E-state index in [2.05, 4.69) is 5.32 Å². The molecule has 9 heteroatoms. The van der Waals surface area contributed by atoms with Gasteiger partial charge in [-0.05, 0) is 87.7 Å². The van der Waals surface area contributed by atoms with E-state index in [0.717, 1.165) is 20.6 Å². The number of aromatic hydroxyl groups is 1. The van der Waals surface area contributed by atoms with Crippen LogP contribution in [0.5, 0.6) is 5.75 Å². The van der Waals surface area contributed by atoms with Crippen LogP contribution in [0.1, 0.15) is 5.56 Å². The molecule has 1 saturated heterocycles. The number of amides is 4. The molecule has 0 radical (unpaired) electrons. The van der Waals surface area contributed by atoms with Gasteiger partial charge < -0.3 is 5.11 Å². The van der Waals surface area contributed by atoms with Crippen LogP contribution in [0.15, 0.2) is 42.0 Å². The largest absolute Gasteiger partial charge is 0.506 e. The predicted octanol–water partition coefficient (Wildman–Crippen LogP) is 3.41. The van der Waals surface area contributed by atoms with Crippen molar-refractivity contribution >= 4 is 74.8 Å². The monoisotopic (exact) mass is 578 g/mol. The number of urea groups is 1. The quantitative estimate of drug-likeness (QED) is 0.325. The zero-order valence-electron chi connectivity index (χ0n) is 12.8. The number of imide groups is 2. The average molecular weight is 578 g/mol. The number of halogens is 3. The molecule has 132 valence electrons. The van der Waals surface area contributed by atoms with E-state index in [-0.39, 0.29) is 22.6 Å². The van der Waals surface area contributed by atoms with Crippen LogP contribution in [0.4, 0.5) is 14.9 Å². The number of anilines is 1. The molecule has 0 aliphatic carbocycles. The zero-order valence-corrected chi connectivity index (χ0v) is 17.1. The Morgan fingerprint density at radius 3 is 2.38 bits per heavy atom. The second-order valence-electron chi connectivity index (χ2n) is 5.26. The van der Waals surface area contributed by atoms with Gasteiger partial charge in [-0.1, -0.05) is 0 Å². The molecule has 0 aromatic heterocycles. The molecule has 3 rings (SSSR count). The molecule has 2 N–H and O–H groups in total. The number of nitrogens with zero attached hydrogens (tertiary/aromatic N) is 1. The highest BCUT2D eigenvalue weighted by Crippen LogP contribution is 2.30. The van der Waals surface area contributed by atoms with Crippen LogP contribution in [-0.4, -0.2) is 23.0 Å². The second-order valence-corrected chi connectivity index (χ2v) is 7.67. The summed E-state index contributed by atoms with van der Waals surface area (Å²) in [4.78, 5) is 37.7. The van der Waals surface area contributed by atoms with Crippen molar-refractivity contribution in [3.8, 4) is 5.75 Å². The number of rotatable bonds is 2. The Balaban J connectivity index is 2.07. The highest BCUT2D eigenvalue weighted by Gasteiger charge is 2.37. The van der Waals surface area contributed by atoms with E-state index in [1.807, 2.05) is 45.2 Å². The van der Waals surface area contributed by atoms with Crippen LogP contribution < -0.4 is 10.2 Å². The molecule has 6 nitrogen and oxygen atoms in total. The number of carbonyl (C=O) groups excluding carboxylic acids is 3. The van der Waals surface area contributed by atoms with Crippen LogP contribution in [0.25, 0.3) is 6.08 Å². The summed E-state index contributed by atoms with van der Waals surface area (Å²) in [7, 11) is 0. The van der Waals surface area contributed by atoms with E-state index in [9.17, 15) is 23.9 Å². The van der Waals surface area contributed by atoms with E-state index in [1.54, 1.807) is 12.1 Å². The first kappa shape index (κ1) is 18.8. The maximum Gasteiger partial charge on any atom is 0.335 e. The summed E-state index contributed by atoms with van der Waals surface area (Å²) in [6, 6.07) is 7.12. The smallest absolute Gasteiger partial charge is 0.335 e. The number of hydrogen-bond acceptors (Lipinski definition) is 4. The number of barbiturate groups is 1. The maximum absolute atomic E-state index is 13.1. The van der Waals surface area contributed by atoms with Gasteiger partial charge in [-0.25, -0.2) is 14.1 Å². The SMILES string of the molecule is O=C1NC(=O)N(c2ccc(F)cc2)C(=O)/C1=C/c1cc(I)cc(I)c1O. The second kappa shape index (κ2) is 7.31. The lowest BCUT2D eigenvalue weighted by atomic mass is 10.1. The fourth-order valence-electron chi connectivity index (χ4n) is 2.33. The van der Waals surface area contributed by atoms with Gasteiger partial charge in [-0.2, -0.15) is 0 Å². The summed E-state index contributed by atoms with van der Waals surface area (Å²) in [6.45, 7) is 0. The van der Waals surface area contributed by atoms with Crippen LogP contribution in [0, 0.1) is 13.0 Å². The number of hydrogen-bond donors (Lipinski definition) is 2. The molecular formula is C17H9FI2N2O4. The standard InChI is InChI=1S/C17H9FI2N2O4/c18-9-1-3-11(4-2-9)22-16(25)12(15(24)21-17(22)26)6-8-5-10(19)7-13(20)14(8)23/h1-7,23H,(H,21,24,26)/b12-6+. The Morgan fingerprint density at radius 1 is 1.08 bits per heavy atom. The molecule has 1 heterocycles. The summed E-state index contributed by atoms with van der Waals surface area (Å²) < 4.78 is 14.4. The van der Waals surface area contributed by atoms with Crippen molar-refractivity contribution in [2.75, 3.05) is 4.90 Å². The molecule has 1 aliphatic heterocycles. The van der Waals surface area contributed by atoms with Crippen LogP contribution in [0.2, 0.25) is 0 Å². The number of phenolic OH excluding ortho intramolecular Hbond substituents is 1. The third-order valence-electron chi connectivity index (χ3n) is 3.54. The molecule has 2 aromatic carbocycles. The Morgan fingerprint density at radius 2 is 1.73 bits per heavy atom. The summed E-state index contributed by atoms with van der Waals surface area (Å²) in [5.41, 5.74) is 0.0731. The summed E-state index contributed by atoms with van der Waals surface area (Å²) in [5.74, 6) is -2.33. The first-order valence-corrected chi connectivity index (χ1v) is 9.28. The normalized spacial score (nSPS) is 16.2. The third-order valence-corrected chi connectivity index (χ3v) is 4.99. The van der Waals surface area contributed by atoms with Crippen LogP contribution >= 0.6 is 45.2 Å². The highest BCUT2D eigenvalue weighted by molar-refractivity contribution is 14.1. The maximum atomic E-state index is 13.1. The van der Waals surface area contributed by atoms with Crippen molar-refractivity contribution in [2.45, 2.75) is 0 Å². The van der Waals surface area contributed by atoms with E-state index < -0.39 is 23.7 Å². The van der Waals surface area contributed by atoms with Crippen molar-refractivity contribution in [1.29, 1.82) is 0 Å². The lowest BCUT2D eigenvalue weighted by Crippen LogP contribution is -2.54. The van der Waals surface area contributed by atoms with Crippen molar-refractivity contribution in [3.05, 3.63) is 60.5 Å². The Bertz CT molecular complexity index is 973. The molecule has 0 spiro atoms. The van der Waals surface area contributed by atoms with Gasteiger partial charge in [0.2, 0.25) is 0 Å². The molecule has 1 aliphatic rings. The predicted molar refractivity (Wildman–Crippen MR) is 109 cm³/mol. The molecule has 2 aromatic rings. The fourth-order valence-corrected chi connectivity index (χ4v) is 4.22. The molecule has 0 unspecified atom stereocenters.